The Labute approximate surface area is 199 Å². The minimum atomic E-state index is -0.601. The summed E-state index contributed by atoms with van der Waals surface area (Å²) in [5, 5.41) is 2.96. The predicted molar refractivity (Wildman–Crippen MR) is 130 cm³/mol. The van der Waals surface area contributed by atoms with Crippen LogP contribution in [0.4, 0.5) is 5.69 Å². The van der Waals surface area contributed by atoms with Crippen LogP contribution in [0, 0.1) is 13.8 Å². The molecule has 7 heteroatoms. The first kappa shape index (κ1) is 24.6. The molecule has 0 saturated heterocycles. The number of ether oxygens (including phenoxy) is 2. The molecule has 0 radical (unpaired) electrons. The van der Waals surface area contributed by atoms with E-state index in [1.54, 1.807) is 38.1 Å². The van der Waals surface area contributed by atoms with E-state index in [0.29, 0.717) is 34.6 Å². The van der Waals surface area contributed by atoms with Gasteiger partial charge in [0.2, 0.25) is 5.91 Å². The number of hydrogen-bond acceptors (Lipinski definition) is 6. The highest BCUT2D eigenvalue weighted by atomic mass is 16.5. The Morgan fingerprint density at radius 1 is 0.853 bits per heavy atom. The quantitative estimate of drug-likeness (QED) is 0.495. The van der Waals surface area contributed by atoms with Gasteiger partial charge in [-0.05, 0) is 43.5 Å². The second kappa shape index (κ2) is 10.7. The molecule has 1 heterocycles. The molecule has 0 saturated carbocycles. The van der Waals surface area contributed by atoms with E-state index in [1.807, 2.05) is 37.3 Å². The average molecular weight is 461 g/mol. The summed E-state index contributed by atoms with van der Waals surface area (Å²) in [7, 11) is 2.55. The third-order valence-electron chi connectivity index (χ3n) is 5.71. The molecule has 0 spiro atoms. The van der Waals surface area contributed by atoms with Crippen molar-refractivity contribution >= 4 is 23.5 Å². The van der Waals surface area contributed by atoms with Crippen LogP contribution in [0.5, 0.6) is 0 Å². The molecule has 0 aliphatic carbocycles. The second-order valence-corrected chi connectivity index (χ2v) is 7.83. The molecule has 34 heavy (non-hydrogen) atoms. The van der Waals surface area contributed by atoms with Crippen molar-refractivity contribution in [3.8, 4) is 11.1 Å². The average Bonchev–Trinajstić information content (AvgIpc) is 2.84. The smallest absolute Gasteiger partial charge is 0.340 e. The van der Waals surface area contributed by atoms with E-state index >= 15 is 0 Å². The third-order valence-corrected chi connectivity index (χ3v) is 5.71. The first-order chi connectivity index (χ1) is 16.3. The number of hydrogen-bond donors (Lipinski definition) is 1. The summed E-state index contributed by atoms with van der Waals surface area (Å²) in [5.41, 5.74) is 3.81. The summed E-state index contributed by atoms with van der Waals surface area (Å²) >= 11 is 0. The predicted octanol–water partition coefficient (Wildman–Crippen LogP) is 5.07. The van der Waals surface area contributed by atoms with Gasteiger partial charge >= 0.3 is 11.9 Å². The number of esters is 2. The van der Waals surface area contributed by atoms with Crippen LogP contribution in [-0.4, -0.2) is 37.0 Å². The standard InChI is InChI=1S/C27H28N2O5/c1-6-21(18-10-8-7-9-11-18)25(30)29-20-14-12-19(13-15-20)24-22(26(31)33-4)16(2)28-17(3)23(24)27(32)34-5/h7-15,21H,6H2,1-5H3,(H,29,30)/t21-/m1/s1. The van der Waals surface area contributed by atoms with E-state index < -0.39 is 11.9 Å². The van der Waals surface area contributed by atoms with Crippen molar-refractivity contribution in [3.63, 3.8) is 0 Å². The number of pyridine rings is 1. The van der Waals surface area contributed by atoms with Gasteiger partial charge in [0.15, 0.2) is 0 Å². The molecule has 1 amide bonds. The van der Waals surface area contributed by atoms with Crippen LogP contribution in [0.3, 0.4) is 0 Å². The zero-order valence-electron chi connectivity index (χ0n) is 20.0. The van der Waals surface area contributed by atoms with Crippen LogP contribution in [0.1, 0.15) is 56.9 Å². The minimum absolute atomic E-state index is 0.109. The Balaban J connectivity index is 2.00. The van der Waals surface area contributed by atoms with E-state index in [9.17, 15) is 14.4 Å². The normalized spacial score (nSPS) is 11.4. The summed E-state index contributed by atoms with van der Waals surface area (Å²) in [6.45, 7) is 5.34. The zero-order chi connectivity index (χ0) is 24.8. The van der Waals surface area contributed by atoms with Gasteiger partial charge in [0.25, 0.3) is 0 Å². The Morgan fingerprint density at radius 3 is 1.85 bits per heavy atom. The lowest BCUT2D eigenvalue weighted by Gasteiger charge is -2.18. The molecule has 1 aromatic heterocycles. The summed E-state index contributed by atoms with van der Waals surface area (Å²) in [5.74, 6) is -1.59. The number of aryl methyl sites for hydroxylation is 2. The monoisotopic (exact) mass is 460 g/mol. The molecule has 0 aliphatic heterocycles. The Hall–Kier alpha value is -4.00. The largest absolute Gasteiger partial charge is 0.465 e. The zero-order valence-corrected chi connectivity index (χ0v) is 20.0. The van der Waals surface area contributed by atoms with Gasteiger partial charge in [-0.2, -0.15) is 0 Å². The van der Waals surface area contributed by atoms with Gasteiger partial charge in [-0.25, -0.2) is 9.59 Å². The van der Waals surface area contributed by atoms with Crippen molar-refractivity contribution in [2.45, 2.75) is 33.1 Å². The van der Waals surface area contributed by atoms with Crippen molar-refractivity contribution in [1.29, 1.82) is 0 Å². The van der Waals surface area contributed by atoms with Crippen molar-refractivity contribution in [2.24, 2.45) is 0 Å². The molecule has 0 fully saturated rings. The van der Waals surface area contributed by atoms with Crippen molar-refractivity contribution in [1.82, 2.24) is 4.98 Å². The Kier molecular flexibility index (Phi) is 7.79. The van der Waals surface area contributed by atoms with Gasteiger partial charge < -0.3 is 14.8 Å². The van der Waals surface area contributed by atoms with Crippen molar-refractivity contribution in [3.05, 3.63) is 82.7 Å². The fourth-order valence-electron chi connectivity index (χ4n) is 4.05. The molecule has 176 valence electrons. The highest BCUT2D eigenvalue weighted by molar-refractivity contribution is 6.07. The van der Waals surface area contributed by atoms with E-state index in [-0.39, 0.29) is 23.0 Å². The molecule has 0 unspecified atom stereocenters. The molecule has 2 aromatic carbocycles. The number of carbonyl (C=O) groups excluding carboxylic acids is 3. The Bertz CT molecular complexity index is 1160. The van der Waals surface area contributed by atoms with Gasteiger partial charge in [-0.3, -0.25) is 9.78 Å². The van der Waals surface area contributed by atoms with Gasteiger partial charge in [0.05, 0.1) is 42.7 Å². The first-order valence-electron chi connectivity index (χ1n) is 11.0. The second-order valence-electron chi connectivity index (χ2n) is 7.83. The maximum absolute atomic E-state index is 12.9. The van der Waals surface area contributed by atoms with Crippen LogP contribution in [0.25, 0.3) is 11.1 Å². The number of nitrogens with zero attached hydrogens (tertiary/aromatic N) is 1. The maximum atomic E-state index is 12.9. The fourth-order valence-corrected chi connectivity index (χ4v) is 4.05. The molecule has 0 bridgehead atoms. The lowest BCUT2D eigenvalue weighted by Crippen LogP contribution is -2.20. The van der Waals surface area contributed by atoms with Crippen LogP contribution in [-0.2, 0) is 14.3 Å². The number of rotatable bonds is 7. The number of carbonyl (C=O) groups is 3. The molecular weight excluding hydrogens is 432 g/mol. The first-order valence-corrected chi connectivity index (χ1v) is 11.0. The molecule has 0 aliphatic rings. The van der Waals surface area contributed by atoms with Crippen LogP contribution in [0.2, 0.25) is 0 Å². The van der Waals surface area contributed by atoms with Gasteiger partial charge in [0, 0.05) is 11.3 Å². The molecular formula is C27H28N2O5. The van der Waals surface area contributed by atoms with Crippen molar-refractivity contribution < 1.29 is 23.9 Å². The van der Waals surface area contributed by atoms with E-state index in [2.05, 4.69) is 10.3 Å². The van der Waals surface area contributed by atoms with Crippen LogP contribution >= 0.6 is 0 Å². The number of anilines is 1. The van der Waals surface area contributed by atoms with Crippen molar-refractivity contribution in [2.75, 3.05) is 19.5 Å². The van der Waals surface area contributed by atoms with Crippen LogP contribution in [0.15, 0.2) is 54.6 Å². The van der Waals surface area contributed by atoms with Gasteiger partial charge in [-0.15, -0.1) is 0 Å². The molecule has 1 N–H and O–H groups in total. The maximum Gasteiger partial charge on any atom is 0.340 e. The number of amides is 1. The lowest BCUT2D eigenvalue weighted by molar-refractivity contribution is -0.117. The Morgan fingerprint density at radius 2 is 1.38 bits per heavy atom. The van der Waals surface area contributed by atoms with E-state index in [0.717, 1.165) is 5.56 Å². The summed E-state index contributed by atoms with van der Waals surface area (Å²) in [6, 6.07) is 16.6. The molecule has 1 atom stereocenters. The van der Waals surface area contributed by atoms with E-state index in [4.69, 9.17) is 9.47 Å². The number of benzene rings is 2. The molecule has 7 nitrogen and oxygen atoms in total. The van der Waals surface area contributed by atoms with Gasteiger partial charge in [-0.1, -0.05) is 49.4 Å². The highest BCUT2D eigenvalue weighted by Gasteiger charge is 2.27. The van der Waals surface area contributed by atoms with Crippen LogP contribution < -0.4 is 5.32 Å². The summed E-state index contributed by atoms with van der Waals surface area (Å²) < 4.78 is 9.91. The lowest BCUT2D eigenvalue weighted by atomic mass is 9.92. The number of aromatic nitrogens is 1. The third kappa shape index (κ3) is 4.98. The summed E-state index contributed by atoms with van der Waals surface area (Å²) in [4.78, 5) is 42.4. The minimum Gasteiger partial charge on any atom is -0.465 e. The SMILES string of the molecule is CC[C@@H](C(=O)Nc1ccc(-c2c(C(=O)OC)c(C)nc(C)c2C(=O)OC)cc1)c1ccccc1. The number of methoxy groups -OCH3 is 2. The molecule has 3 rings (SSSR count). The van der Waals surface area contributed by atoms with Gasteiger partial charge in [0.1, 0.15) is 0 Å². The van der Waals surface area contributed by atoms with E-state index in [1.165, 1.54) is 14.2 Å². The topological polar surface area (TPSA) is 94.6 Å². The molecule has 3 aromatic rings. The highest BCUT2D eigenvalue weighted by Crippen LogP contribution is 2.33. The fraction of sp³-hybridized carbons (Fsp3) is 0.259. The number of nitrogens with one attached hydrogen (secondary N) is 1. The summed E-state index contributed by atoms with van der Waals surface area (Å²) in [6.07, 6.45) is 0.661.